The number of hydrogen-bond acceptors (Lipinski definition) is 7. The van der Waals surface area contributed by atoms with Gasteiger partial charge in [-0.15, -0.1) is 0 Å². The average Bonchev–Trinajstić information content (AvgIpc) is 3.09. The van der Waals surface area contributed by atoms with Crippen molar-refractivity contribution in [1.29, 1.82) is 0 Å². The maximum absolute atomic E-state index is 13.0. The minimum Gasteiger partial charge on any atom is -0.545 e. The predicted octanol–water partition coefficient (Wildman–Crippen LogP) is 0.203. The van der Waals surface area contributed by atoms with E-state index >= 15 is 0 Å². The van der Waals surface area contributed by atoms with E-state index in [2.05, 4.69) is 4.98 Å². The molecule has 7 nitrogen and oxygen atoms in total. The van der Waals surface area contributed by atoms with Gasteiger partial charge >= 0.3 is 29.6 Å². The SMILES string of the molecule is O=C([O-])c1ccc2nc(OC3CCN(S(=O)(=O)c4c(Cl)cccc4Cl)CC3)sc2c1.[Na+]. The van der Waals surface area contributed by atoms with Gasteiger partial charge in [-0.1, -0.05) is 46.7 Å². The van der Waals surface area contributed by atoms with Crippen LogP contribution in [0.1, 0.15) is 23.2 Å². The summed E-state index contributed by atoms with van der Waals surface area (Å²) >= 11 is 13.4. The molecule has 3 aromatic rings. The Kier molecular flexibility index (Phi) is 7.92. The van der Waals surface area contributed by atoms with Gasteiger partial charge in [0, 0.05) is 13.1 Å². The third-order valence-corrected chi connectivity index (χ3v) is 8.55. The normalized spacial score (nSPS) is 15.5. The van der Waals surface area contributed by atoms with Crippen molar-refractivity contribution in [3.8, 4) is 5.19 Å². The Morgan fingerprint density at radius 1 is 1.16 bits per heavy atom. The number of nitrogens with zero attached hydrogens (tertiary/aromatic N) is 2. The molecule has 0 radical (unpaired) electrons. The van der Waals surface area contributed by atoms with Crippen molar-refractivity contribution in [3.05, 3.63) is 52.0 Å². The van der Waals surface area contributed by atoms with Crippen molar-refractivity contribution in [1.82, 2.24) is 9.29 Å². The maximum Gasteiger partial charge on any atom is 1.00 e. The number of benzene rings is 2. The third kappa shape index (κ3) is 5.20. The van der Waals surface area contributed by atoms with E-state index in [-0.39, 0.29) is 69.3 Å². The molecule has 158 valence electrons. The van der Waals surface area contributed by atoms with E-state index in [1.54, 1.807) is 12.1 Å². The number of fused-ring (bicyclic) bond motifs is 1. The Hall–Kier alpha value is -0.910. The molecule has 0 spiro atoms. The number of aromatic nitrogens is 1. The van der Waals surface area contributed by atoms with Gasteiger partial charge in [-0.2, -0.15) is 4.31 Å². The topological polar surface area (TPSA) is 99.6 Å². The zero-order valence-electron chi connectivity index (χ0n) is 16.4. The smallest absolute Gasteiger partial charge is 0.545 e. The summed E-state index contributed by atoms with van der Waals surface area (Å²) in [5.41, 5.74) is 0.711. The summed E-state index contributed by atoms with van der Waals surface area (Å²) in [6, 6.07) is 9.12. The van der Waals surface area contributed by atoms with E-state index in [0.717, 1.165) is 0 Å². The van der Waals surface area contributed by atoms with Crippen LogP contribution in [-0.2, 0) is 10.0 Å². The molecule has 1 saturated heterocycles. The number of thiazole rings is 1. The van der Waals surface area contributed by atoms with Crippen LogP contribution >= 0.6 is 34.5 Å². The number of piperidine rings is 1. The monoisotopic (exact) mass is 508 g/mol. The summed E-state index contributed by atoms with van der Waals surface area (Å²) in [5, 5.41) is 11.6. The zero-order chi connectivity index (χ0) is 21.5. The Bertz CT molecular complexity index is 1210. The van der Waals surface area contributed by atoms with Gasteiger partial charge in [0.2, 0.25) is 10.0 Å². The molecule has 2 aromatic carbocycles. The van der Waals surface area contributed by atoms with Gasteiger partial charge < -0.3 is 14.6 Å². The Labute approximate surface area is 215 Å². The van der Waals surface area contributed by atoms with Crippen molar-refractivity contribution in [3.63, 3.8) is 0 Å². The van der Waals surface area contributed by atoms with E-state index in [1.807, 2.05) is 0 Å². The molecule has 0 N–H and O–H groups in total. The number of hydrogen-bond donors (Lipinski definition) is 0. The summed E-state index contributed by atoms with van der Waals surface area (Å²) < 4.78 is 33.9. The molecule has 2 heterocycles. The fourth-order valence-corrected chi connectivity index (χ4v) is 6.75. The summed E-state index contributed by atoms with van der Waals surface area (Å²) in [6.07, 6.45) is 0.739. The van der Waals surface area contributed by atoms with Gasteiger partial charge in [-0.05, 0) is 42.7 Å². The minimum atomic E-state index is -3.81. The Morgan fingerprint density at radius 2 is 1.81 bits per heavy atom. The van der Waals surface area contributed by atoms with Crippen molar-refractivity contribution in [2.45, 2.75) is 23.8 Å². The van der Waals surface area contributed by atoms with Crippen LogP contribution in [-0.4, -0.2) is 42.9 Å². The maximum atomic E-state index is 13.0. The number of carbonyl (C=O) groups excluding carboxylic acids is 1. The molecule has 12 heteroatoms. The minimum absolute atomic E-state index is 0. The number of carboxylic acid groups (broad SMARTS) is 1. The standard InChI is InChI=1S/C19H16Cl2N2O5S2.Na/c20-13-2-1-3-14(21)17(13)30(26,27)23-8-6-12(7-9-23)28-19-22-15-5-4-11(18(24)25)10-16(15)29-19;/h1-5,10,12H,6-9H2,(H,24,25);/q;+1/p-1. The molecule has 1 aliphatic rings. The van der Waals surface area contributed by atoms with E-state index < -0.39 is 16.0 Å². The average molecular weight is 509 g/mol. The zero-order valence-corrected chi connectivity index (χ0v) is 21.5. The van der Waals surface area contributed by atoms with Crippen LogP contribution in [0.5, 0.6) is 5.19 Å². The van der Waals surface area contributed by atoms with Crippen molar-refractivity contribution >= 4 is 60.7 Å². The van der Waals surface area contributed by atoms with Crippen LogP contribution in [0.3, 0.4) is 0 Å². The molecular formula is C19H15Cl2N2NaO5S2. The summed E-state index contributed by atoms with van der Waals surface area (Å²) in [4.78, 5) is 15.3. The van der Waals surface area contributed by atoms with Crippen LogP contribution < -0.4 is 39.4 Å². The molecule has 1 fully saturated rings. The molecule has 1 aromatic heterocycles. The predicted molar refractivity (Wildman–Crippen MR) is 113 cm³/mol. The molecule has 0 aliphatic carbocycles. The van der Waals surface area contributed by atoms with Gasteiger partial charge in [0.15, 0.2) is 0 Å². The number of rotatable bonds is 5. The molecule has 1 aliphatic heterocycles. The summed E-state index contributed by atoms with van der Waals surface area (Å²) in [5.74, 6) is -1.25. The largest absolute Gasteiger partial charge is 1.00 e. The van der Waals surface area contributed by atoms with E-state index in [4.69, 9.17) is 27.9 Å². The molecule has 4 rings (SSSR count). The van der Waals surface area contributed by atoms with Crippen LogP contribution in [0.4, 0.5) is 0 Å². The second-order valence-electron chi connectivity index (χ2n) is 6.72. The van der Waals surface area contributed by atoms with Crippen molar-refractivity contribution in [2.24, 2.45) is 0 Å². The summed E-state index contributed by atoms with van der Waals surface area (Å²) in [6.45, 7) is 0.516. The number of carboxylic acids is 1. The molecule has 0 bridgehead atoms. The van der Waals surface area contributed by atoms with Crippen LogP contribution in [0.25, 0.3) is 10.2 Å². The molecule has 0 unspecified atom stereocenters. The second kappa shape index (κ2) is 9.93. The van der Waals surface area contributed by atoms with E-state index in [0.29, 0.717) is 28.3 Å². The third-order valence-electron chi connectivity index (χ3n) is 4.79. The quantitative estimate of drug-likeness (QED) is 0.456. The first-order chi connectivity index (χ1) is 14.3. The number of carbonyl (C=O) groups is 1. The van der Waals surface area contributed by atoms with Crippen LogP contribution in [0.15, 0.2) is 41.3 Å². The molecule has 0 atom stereocenters. The molecular weight excluding hydrogens is 494 g/mol. The first kappa shape index (κ1) is 24.7. The first-order valence-electron chi connectivity index (χ1n) is 8.98. The number of halogens is 2. The fourth-order valence-electron chi connectivity index (χ4n) is 3.27. The summed E-state index contributed by atoms with van der Waals surface area (Å²) in [7, 11) is -3.81. The fraction of sp³-hybridized carbons (Fsp3) is 0.263. The Morgan fingerprint density at radius 3 is 2.42 bits per heavy atom. The van der Waals surface area contributed by atoms with Gasteiger partial charge in [0.25, 0.3) is 5.19 Å². The van der Waals surface area contributed by atoms with E-state index in [9.17, 15) is 18.3 Å². The number of aromatic carboxylic acids is 1. The van der Waals surface area contributed by atoms with Crippen LogP contribution in [0, 0.1) is 0 Å². The number of ether oxygens (including phenoxy) is 1. The molecule has 0 saturated carbocycles. The molecule has 31 heavy (non-hydrogen) atoms. The van der Waals surface area contributed by atoms with Crippen molar-refractivity contribution < 1.29 is 52.6 Å². The second-order valence-corrected chi connectivity index (χ2v) is 10.4. The first-order valence-corrected chi connectivity index (χ1v) is 12.0. The molecule has 0 amide bonds. The van der Waals surface area contributed by atoms with Gasteiger partial charge in [0.1, 0.15) is 11.0 Å². The number of sulfonamides is 1. The van der Waals surface area contributed by atoms with Gasteiger partial charge in [-0.25, -0.2) is 13.4 Å². The van der Waals surface area contributed by atoms with Crippen LogP contribution in [0.2, 0.25) is 10.0 Å². The van der Waals surface area contributed by atoms with E-state index in [1.165, 1.54) is 39.9 Å². The Balaban J connectivity index is 0.00000272. The van der Waals surface area contributed by atoms with Gasteiger partial charge in [0.05, 0.1) is 26.2 Å². The van der Waals surface area contributed by atoms with Gasteiger partial charge in [-0.3, -0.25) is 0 Å². The van der Waals surface area contributed by atoms with Crippen molar-refractivity contribution in [2.75, 3.05) is 13.1 Å².